The molecular formula is C23H25F2N3O3. The molecule has 3 aromatic rings. The van der Waals surface area contributed by atoms with Gasteiger partial charge in [0.1, 0.15) is 11.3 Å². The van der Waals surface area contributed by atoms with Gasteiger partial charge in [-0.15, -0.1) is 0 Å². The van der Waals surface area contributed by atoms with Gasteiger partial charge < -0.3 is 19.1 Å². The molecule has 0 amide bonds. The molecule has 2 aromatic carbocycles. The van der Waals surface area contributed by atoms with E-state index in [9.17, 15) is 8.78 Å². The Hall–Kier alpha value is -3.13. The van der Waals surface area contributed by atoms with Crippen molar-refractivity contribution in [2.24, 2.45) is 0 Å². The molecule has 2 heterocycles. The van der Waals surface area contributed by atoms with Gasteiger partial charge in [-0.1, -0.05) is 0 Å². The number of aromatic nitrogens is 1. The molecule has 0 N–H and O–H groups in total. The number of ether oxygens (including phenoxy) is 3. The standard InChI is InChI=1S/C23H25F2N3O3/c1-29-20-10-15(11-21(30-2)23(20)31-3)14-27-6-8-28(9-7-27)19-4-5-26-22-17(19)12-16(24)13-18(22)25/h4-5,10-13H,6-9,14H2,1-3H3. The predicted molar refractivity (Wildman–Crippen MR) is 115 cm³/mol. The molecule has 0 saturated carbocycles. The van der Waals surface area contributed by atoms with Crippen LogP contribution in [0, 0.1) is 11.6 Å². The Morgan fingerprint density at radius 2 is 1.58 bits per heavy atom. The molecule has 0 bridgehead atoms. The highest BCUT2D eigenvalue weighted by Gasteiger charge is 2.21. The number of nitrogens with zero attached hydrogens (tertiary/aromatic N) is 3. The number of piperazine rings is 1. The van der Waals surface area contributed by atoms with E-state index in [1.54, 1.807) is 27.5 Å². The topological polar surface area (TPSA) is 47.1 Å². The summed E-state index contributed by atoms with van der Waals surface area (Å²) >= 11 is 0. The summed E-state index contributed by atoms with van der Waals surface area (Å²) in [6, 6.07) is 7.94. The number of pyridine rings is 1. The Bertz CT molecular complexity index is 1060. The number of benzene rings is 2. The summed E-state index contributed by atoms with van der Waals surface area (Å²) < 4.78 is 44.2. The number of anilines is 1. The van der Waals surface area contributed by atoms with Crippen molar-refractivity contribution in [2.45, 2.75) is 6.54 Å². The Morgan fingerprint density at radius 1 is 0.903 bits per heavy atom. The Kier molecular flexibility index (Phi) is 6.08. The van der Waals surface area contributed by atoms with Crippen molar-refractivity contribution in [1.82, 2.24) is 9.88 Å². The zero-order valence-corrected chi connectivity index (χ0v) is 17.8. The predicted octanol–water partition coefficient (Wildman–Crippen LogP) is 3.86. The fraction of sp³-hybridized carbons (Fsp3) is 0.348. The molecule has 164 valence electrons. The van der Waals surface area contributed by atoms with E-state index in [0.717, 1.165) is 50.0 Å². The van der Waals surface area contributed by atoms with E-state index < -0.39 is 11.6 Å². The minimum atomic E-state index is -0.641. The molecular weight excluding hydrogens is 404 g/mol. The van der Waals surface area contributed by atoms with Gasteiger partial charge in [0, 0.05) is 56.1 Å². The van der Waals surface area contributed by atoms with Crippen LogP contribution in [0.1, 0.15) is 5.56 Å². The molecule has 1 aromatic heterocycles. The fourth-order valence-corrected chi connectivity index (χ4v) is 4.07. The summed E-state index contributed by atoms with van der Waals surface area (Å²) in [6.07, 6.45) is 1.57. The van der Waals surface area contributed by atoms with Crippen LogP contribution in [0.2, 0.25) is 0 Å². The lowest BCUT2D eigenvalue weighted by Crippen LogP contribution is -2.46. The zero-order valence-electron chi connectivity index (χ0n) is 17.8. The first-order valence-corrected chi connectivity index (χ1v) is 10.0. The normalized spacial score (nSPS) is 14.7. The van der Waals surface area contributed by atoms with Crippen LogP contribution >= 0.6 is 0 Å². The Labute approximate surface area is 179 Å². The highest BCUT2D eigenvalue weighted by Crippen LogP contribution is 2.38. The minimum absolute atomic E-state index is 0.193. The van der Waals surface area contributed by atoms with E-state index in [4.69, 9.17) is 14.2 Å². The van der Waals surface area contributed by atoms with Gasteiger partial charge in [0.05, 0.1) is 21.3 Å². The van der Waals surface area contributed by atoms with Crippen LogP contribution in [0.15, 0.2) is 36.5 Å². The maximum absolute atomic E-state index is 14.1. The second kappa shape index (κ2) is 8.93. The molecule has 1 aliphatic rings. The first-order valence-electron chi connectivity index (χ1n) is 10.0. The van der Waals surface area contributed by atoms with Crippen LogP contribution in [0.5, 0.6) is 17.2 Å². The molecule has 0 aliphatic carbocycles. The molecule has 0 unspecified atom stereocenters. The van der Waals surface area contributed by atoms with Crippen LogP contribution in [-0.2, 0) is 6.54 Å². The number of fused-ring (bicyclic) bond motifs is 1. The molecule has 0 radical (unpaired) electrons. The monoisotopic (exact) mass is 429 g/mol. The van der Waals surface area contributed by atoms with Gasteiger partial charge >= 0.3 is 0 Å². The summed E-state index contributed by atoms with van der Waals surface area (Å²) in [7, 11) is 4.79. The molecule has 0 spiro atoms. The van der Waals surface area contributed by atoms with Crippen molar-refractivity contribution >= 4 is 16.6 Å². The average molecular weight is 429 g/mol. The third kappa shape index (κ3) is 4.20. The number of hydrogen-bond acceptors (Lipinski definition) is 6. The van der Waals surface area contributed by atoms with Crippen LogP contribution in [0.4, 0.5) is 14.5 Å². The first kappa shape index (κ1) is 21.1. The van der Waals surface area contributed by atoms with Crippen LogP contribution in [0.25, 0.3) is 10.9 Å². The Morgan fingerprint density at radius 3 is 2.19 bits per heavy atom. The maximum Gasteiger partial charge on any atom is 0.203 e. The van der Waals surface area contributed by atoms with Crippen molar-refractivity contribution in [3.63, 3.8) is 0 Å². The SMILES string of the molecule is COc1cc(CN2CCN(c3ccnc4c(F)cc(F)cc34)CC2)cc(OC)c1OC. The lowest BCUT2D eigenvalue weighted by molar-refractivity contribution is 0.248. The maximum atomic E-state index is 14.1. The lowest BCUT2D eigenvalue weighted by atomic mass is 10.1. The number of rotatable bonds is 6. The van der Waals surface area contributed by atoms with Crippen LogP contribution in [-0.4, -0.2) is 57.4 Å². The van der Waals surface area contributed by atoms with Gasteiger partial charge in [-0.25, -0.2) is 8.78 Å². The second-order valence-corrected chi connectivity index (χ2v) is 7.41. The zero-order chi connectivity index (χ0) is 22.0. The van der Waals surface area contributed by atoms with E-state index in [0.29, 0.717) is 22.6 Å². The molecule has 6 nitrogen and oxygen atoms in total. The second-order valence-electron chi connectivity index (χ2n) is 7.41. The Balaban J connectivity index is 1.50. The van der Waals surface area contributed by atoms with Gasteiger partial charge in [0.15, 0.2) is 17.3 Å². The molecule has 1 aliphatic heterocycles. The molecule has 1 fully saturated rings. The molecule has 1 saturated heterocycles. The smallest absolute Gasteiger partial charge is 0.203 e. The van der Waals surface area contributed by atoms with Crippen molar-refractivity contribution in [2.75, 3.05) is 52.4 Å². The number of hydrogen-bond donors (Lipinski definition) is 0. The van der Waals surface area contributed by atoms with Crippen molar-refractivity contribution < 1.29 is 23.0 Å². The average Bonchev–Trinajstić information content (AvgIpc) is 2.78. The van der Waals surface area contributed by atoms with Gasteiger partial charge in [-0.05, 0) is 29.8 Å². The molecule has 31 heavy (non-hydrogen) atoms. The van der Waals surface area contributed by atoms with E-state index in [2.05, 4.69) is 14.8 Å². The highest BCUT2D eigenvalue weighted by atomic mass is 19.1. The third-order valence-corrected chi connectivity index (χ3v) is 5.58. The highest BCUT2D eigenvalue weighted by molar-refractivity contribution is 5.92. The summed E-state index contributed by atoms with van der Waals surface area (Å²) in [6.45, 7) is 3.81. The summed E-state index contributed by atoms with van der Waals surface area (Å²) in [4.78, 5) is 8.55. The first-order chi connectivity index (χ1) is 15.0. The largest absolute Gasteiger partial charge is 0.493 e. The summed E-state index contributed by atoms with van der Waals surface area (Å²) in [5.41, 5.74) is 2.05. The van der Waals surface area contributed by atoms with E-state index in [1.807, 2.05) is 18.2 Å². The minimum Gasteiger partial charge on any atom is -0.493 e. The van der Waals surface area contributed by atoms with Crippen molar-refractivity contribution in [3.8, 4) is 17.2 Å². The third-order valence-electron chi connectivity index (χ3n) is 5.58. The van der Waals surface area contributed by atoms with Gasteiger partial charge in [0.2, 0.25) is 5.75 Å². The van der Waals surface area contributed by atoms with Gasteiger partial charge in [-0.3, -0.25) is 9.88 Å². The van der Waals surface area contributed by atoms with Crippen LogP contribution in [0.3, 0.4) is 0 Å². The molecule has 8 heteroatoms. The van der Waals surface area contributed by atoms with Crippen LogP contribution < -0.4 is 19.1 Å². The number of methoxy groups -OCH3 is 3. The van der Waals surface area contributed by atoms with Gasteiger partial charge in [-0.2, -0.15) is 0 Å². The van der Waals surface area contributed by atoms with Gasteiger partial charge in [0.25, 0.3) is 0 Å². The van der Waals surface area contributed by atoms with E-state index >= 15 is 0 Å². The molecule has 0 atom stereocenters. The summed E-state index contributed by atoms with van der Waals surface area (Å²) in [5.74, 6) is 0.589. The number of halogens is 2. The lowest BCUT2D eigenvalue weighted by Gasteiger charge is -2.36. The quantitative estimate of drug-likeness (QED) is 0.593. The molecule has 4 rings (SSSR count). The summed E-state index contributed by atoms with van der Waals surface area (Å²) in [5, 5.41) is 0.498. The van der Waals surface area contributed by atoms with Crippen molar-refractivity contribution in [1.29, 1.82) is 0 Å². The fourth-order valence-electron chi connectivity index (χ4n) is 4.07. The van der Waals surface area contributed by atoms with E-state index in [-0.39, 0.29) is 5.52 Å². The van der Waals surface area contributed by atoms with E-state index in [1.165, 1.54) is 6.07 Å². The van der Waals surface area contributed by atoms with Crippen molar-refractivity contribution in [3.05, 3.63) is 53.7 Å².